The summed E-state index contributed by atoms with van der Waals surface area (Å²) < 4.78 is 36.3. The molecule has 0 atom stereocenters. The maximum absolute atomic E-state index is 12.3. The molecular formula is C11H19F3. The van der Waals surface area contributed by atoms with Gasteiger partial charge in [0.2, 0.25) is 5.92 Å². The Morgan fingerprint density at radius 2 is 1.64 bits per heavy atom. The Balaban J connectivity index is 3.11. The predicted octanol–water partition coefficient (Wildman–Crippen LogP) is 4.51. The van der Waals surface area contributed by atoms with E-state index in [1.54, 1.807) is 6.08 Å². The van der Waals surface area contributed by atoms with Crippen molar-refractivity contribution in [1.82, 2.24) is 0 Å². The molecule has 0 aromatic carbocycles. The lowest BCUT2D eigenvalue weighted by molar-refractivity contribution is 0.0104. The lowest BCUT2D eigenvalue weighted by Crippen LogP contribution is -2.08. The Bertz CT molecular complexity index is 147. The summed E-state index contributed by atoms with van der Waals surface area (Å²) >= 11 is 0. The molecule has 0 aliphatic heterocycles. The number of unbranched alkanes of at least 4 members (excludes halogenated alkanes) is 4. The van der Waals surface area contributed by atoms with Gasteiger partial charge in [0.15, 0.2) is 0 Å². The molecule has 0 unspecified atom stereocenters. The molecule has 0 saturated heterocycles. The molecule has 14 heavy (non-hydrogen) atoms. The molecule has 0 aliphatic carbocycles. The molecule has 0 aliphatic rings. The van der Waals surface area contributed by atoms with E-state index in [-0.39, 0.29) is 6.42 Å². The second-order valence-corrected chi connectivity index (χ2v) is 3.65. The fourth-order valence-electron chi connectivity index (χ4n) is 1.23. The van der Waals surface area contributed by atoms with Crippen molar-refractivity contribution in [2.24, 2.45) is 0 Å². The molecule has 0 saturated carbocycles. The summed E-state index contributed by atoms with van der Waals surface area (Å²) in [6.07, 6.45) is 7.45. The molecule has 0 aromatic heterocycles. The molecule has 3 heteroatoms. The largest absolute Gasteiger partial charge is 0.247 e. The number of rotatable bonds is 8. The van der Waals surface area contributed by atoms with Gasteiger partial charge in [-0.05, 0) is 26.2 Å². The minimum atomic E-state index is -2.52. The van der Waals surface area contributed by atoms with Crippen molar-refractivity contribution in [2.45, 2.75) is 51.4 Å². The maximum atomic E-state index is 12.3. The third-order valence-corrected chi connectivity index (χ3v) is 1.99. The Kier molecular flexibility index (Phi) is 7.63. The SMILES string of the molecule is CC(F)(F)CCCCCC/C=C/CF. The van der Waals surface area contributed by atoms with E-state index in [9.17, 15) is 13.2 Å². The second kappa shape index (κ2) is 7.89. The number of hydrogen-bond acceptors (Lipinski definition) is 0. The highest BCUT2D eigenvalue weighted by molar-refractivity contribution is 4.80. The normalized spacial score (nSPS) is 12.6. The number of hydrogen-bond donors (Lipinski definition) is 0. The Hall–Kier alpha value is -0.470. The third kappa shape index (κ3) is 11.5. The van der Waals surface area contributed by atoms with E-state index >= 15 is 0 Å². The lowest BCUT2D eigenvalue weighted by atomic mass is 10.1. The molecular weight excluding hydrogens is 189 g/mol. The van der Waals surface area contributed by atoms with Gasteiger partial charge in [0.1, 0.15) is 6.67 Å². The third-order valence-electron chi connectivity index (χ3n) is 1.99. The van der Waals surface area contributed by atoms with Gasteiger partial charge in [-0.25, -0.2) is 13.2 Å². The predicted molar refractivity (Wildman–Crippen MR) is 53.4 cm³/mol. The summed E-state index contributed by atoms with van der Waals surface area (Å²) in [7, 11) is 0. The second-order valence-electron chi connectivity index (χ2n) is 3.65. The number of alkyl halides is 3. The van der Waals surface area contributed by atoms with Crippen molar-refractivity contribution in [1.29, 1.82) is 0 Å². The quantitative estimate of drug-likeness (QED) is 0.406. The van der Waals surface area contributed by atoms with Gasteiger partial charge in [0.05, 0.1) is 0 Å². The first-order valence-electron chi connectivity index (χ1n) is 5.15. The first-order valence-corrected chi connectivity index (χ1v) is 5.15. The van der Waals surface area contributed by atoms with Crippen LogP contribution in [0.5, 0.6) is 0 Å². The average Bonchev–Trinajstić information content (AvgIpc) is 2.08. The fraction of sp³-hybridized carbons (Fsp3) is 0.818. The van der Waals surface area contributed by atoms with Gasteiger partial charge < -0.3 is 0 Å². The molecule has 0 amide bonds. The molecule has 0 fully saturated rings. The molecule has 0 N–H and O–H groups in total. The van der Waals surface area contributed by atoms with Gasteiger partial charge >= 0.3 is 0 Å². The van der Waals surface area contributed by atoms with Crippen LogP contribution in [-0.2, 0) is 0 Å². The highest BCUT2D eigenvalue weighted by atomic mass is 19.3. The molecule has 0 bridgehead atoms. The van der Waals surface area contributed by atoms with E-state index in [0.717, 1.165) is 32.6 Å². The Morgan fingerprint density at radius 3 is 2.21 bits per heavy atom. The van der Waals surface area contributed by atoms with Gasteiger partial charge in [-0.1, -0.05) is 25.0 Å². The van der Waals surface area contributed by atoms with Gasteiger partial charge in [-0.2, -0.15) is 0 Å². The summed E-state index contributed by atoms with van der Waals surface area (Å²) in [4.78, 5) is 0. The highest BCUT2D eigenvalue weighted by Gasteiger charge is 2.19. The van der Waals surface area contributed by atoms with Crippen LogP contribution in [0.2, 0.25) is 0 Å². The summed E-state index contributed by atoms with van der Waals surface area (Å²) in [5.41, 5.74) is 0. The Morgan fingerprint density at radius 1 is 1.00 bits per heavy atom. The molecule has 0 spiro atoms. The standard InChI is InChI=1S/C11H19F3/c1-11(13,14)9-7-5-3-2-4-6-8-10-12/h6,8H,2-5,7,9-10H2,1H3/b8-6+. The van der Waals surface area contributed by atoms with E-state index in [0.29, 0.717) is 6.42 Å². The van der Waals surface area contributed by atoms with Gasteiger partial charge in [-0.3, -0.25) is 0 Å². The first kappa shape index (κ1) is 13.5. The molecule has 0 aromatic rings. The molecule has 0 rings (SSSR count). The van der Waals surface area contributed by atoms with Crippen LogP contribution in [-0.4, -0.2) is 12.6 Å². The topological polar surface area (TPSA) is 0 Å². The summed E-state index contributed by atoms with van der Waals surface area (Å²) in [6, 6.07) is 0. The first-order chi connectivity index (χ1) is 6.56. The summed E-state index contributed by atoms with van der Waals surface area (Å²) in [5.74, 6) is -2.52. The van der Waals surface area contributed by atoms with Crippen LogP contribution in [0.3, 0.4) is 0 Å². The van der Waals surface area contributed by atoms with Crippen molar-refractivity contribution >= 4 is 0 Å². The monoisotopic (exact) mass is 208 g/mol. The zero-order valence-corrected chi connectivity index (χ0v) is 8.74. The van der Waals surface area contributed by atoms with E-state index in [2.05, 4.69) is 0 Å². The highest BCUT2D eigenvalue weighted by Crippen LogP contribution is 2.20. The fourth-order valence-corrected chi connectivity index (χ4v) is 1.23. The van der Waals surface area contributed by atoms with Crippen LogP contribution in [0, 0.1) is 0 Å². The maximum Gasteiger partial charge on any atom is 0.245 e. The van der Waals surface area contributed by atoms with Crippen molar-refractivity contribution in [3.05, 3.63) is 12.2 Å². The molecule has 0 nitrogen and oxygen atoms in total. The van der Waals surface area contributed by atoms with Crippen molar-refractivity contribution < 1.29 is 13.2 Å². The van der Waals surface area contributed by atoms with Gasteiger partial charge in [0, 0.05) is 6.42 Å². The Labute approximate surface area is 84.2 Å². The zero-order chi connectivity index (χ0) is 10.9. The van der Waals surface area contributed by atoms with E-state index in [1.165, 1.54) is 6.08 Å². The van der Waals surface area contributed by atoms with Gasteiger partial charge in [0.25, 0.3) is 0 Å². The summed E-state index contributed by atoms with van der Waals surface area (Å²) in [6.45, 7) is 0.541. The summed E-state index contributed by atoms with van der Waals surface area (Å²) in [5, 5.41) is 0. The lowest BCUT2D eigenvalue weighted by Gasteiger charge is -2.08. The minimum Gasteiger partial charge on any atom is -0.247 e. The van der Waals surface area contributed by atoms with E-state index in [1.807, 2.05) is 0 Å². The van der Waals surface area contributed by atoms with Crippen LogP contribution in [0.4, 0.5) is 13.2 Å². The van der Waals surface area contributed by atoms with Crippen LogP contribution in [0.15, 0.2) is 12.2 Å². The van der Waals surface area contributed by atoms with Crippen molar-refractivity contribution in [3.8, 4) is 0 Å². The van der Waals surface area contributed by atoms with Crippen LogP contribution in [0.1, 0.15) is 45.4 Å². The molecule has 0 heterocycles. The zero-order valence-electron chi connectivity index (χ0n) is 8.74. The van der Waals surface area contributed by atoms with E-state index in [4.69, 9.17) is 0 Å². The van der Waals surface area contributed by atoms with Crippen molar-refractivity contribution in [2.75, 3.05) is 6.67 Å². The van der Waals surface area contributed by atoms with Crippen LogP contribution in [0.25, 0.3) is 0 Å². The van der Waals surface area contributed by atoms with E-state index < -0.39 is 12.6 Å². The number of halogens is 3. The average molecular weight is 208 g/mol. The van der Waals surface area contributed by atoms with Crippen molar-refractivity contribution in [3.63, 3.8) is 0 Å². The minimum absolute atomic E-state index is 0.0205. The number of allylic oxidation sites excluding steroid dienone is 2. The molecule has 84 valence electrons. The smallest absolute Gasteiger partial charge is 0.245 e. The van der Waals surface area contributed by atoms with Gasteiger partial charge in [-0.15, -0.1) is 0 Å². The molecule has 0 radical (unpaired) electrons. The van der Waals surface area contributed by atoms with Crippen LogP contribution >= 0.6 is 0 Å². The van der Waals surface area contributed by atoms with Crippen LogP contribution < -0.4 is 0 Å².